The first-order chi connectivity index (χ1) is 12.5. The molecule has 0 unspecified atom stereocenters. The number of amides is 1. The highest BCUT2D eigenvalue weighted by atomic mass is 16.6. The van der Waals surface area contributed by atoms with Gasteiger partial charge in [-0.3, -0.25) is 9.48 Å². The van der Waals surface area contributed by atoms with Crippen molar-refractivity contribution in [1.82, 2.24) is 9.78 Å². The SMILES string of the molecule is CCn1cc(C2=NO[C@H](C(=O)Nc3ccccc3C(=O)OC)C2)c(C)n1. The average molecular weight is 356 g/mol. The molecule has 0 saturated carbocycles. The number of nitrogens with zero attached hydrogens (tertiary/aromatic N) is 3. The highest BCUT2D eigenvalue weighted by molar-refractivity contribution is 6.08. The standard InChI is InChI=1S/C18H20N4O4/c1-4-22-10-13(11(2)20-22)15-9-16(26-21-15)17(23)19-14-8-6-5-7-12(14)18(24)25-3/h5-8,10,16H,4,9H2,1-3H3,(H,19,23)/t16-/m0/s1. The molecule has 0 bridgehead atoms. The van der Waals surface area contributed by atoms with Crippen LogP contribution >= 0.6 is 0 Å². The minimum Gasteiger partial charge on any atom is -0.465 e. The molecule has 1 aromatic carbocycles. The summed E-state index contributed by atoms with van der Waals surface area (Å²) in [6, 6.07) is 6.64. The molecule has 1 amide bonds. The predicted molar refractivity (Wildman–Crippen MR) is 95.1 cm³/mol. The first kappa shape index (κ1) is 17.7. The maximum absolute atomic E-state index is 12.5. The predicted octanol–water partition coefficient (Wildman–Crippen LogP) is 2.13. The number of hydrogen-bond acceptors (Lipinski definition) is 6. The molecule has 3 rings (SSSR count). The number of carbonyl (C=O) groups excluding carboxylic acids is 2. The first-order valence-electron chi connectivity index (χ1n) is 8.28. The lowest BCUT2D eigenvalue weighted by Crippen LogP contribution is -2.28. The van der Waals surface area contributed by atoms with Gasteiger partial charge in [0.05, 0.1) is 29.8 Å². The molecule has 8 nitrogen and oxygen atoms in total. The monoisotopic (exact) mass is 356 g/mol. The van der Waals surface area contributed by atoms with Crippen molar-refractivity contribution in [3.63, 3.8) is 0 Å². The van der Waals surface area contributed by atoms with Gasteiger partial charge in [0.1, 0.15) is 0 Å². The molecular formula is C18H20N4O4. The van der Waals surface area contributed by atoms with E-state index in [1.165, 1.54) is 7.11 Å². The zero-order valence-corrected chi connectivity index (χ0v) is 14.9. The third kappa shape index (κ3) is 3.44. The number of ether oxygens (including phenoxy) is 1. The van der Waals surface area contributed by atoms with E-state index >= 15 is 0 Å². The number of aromatic nitrogens is 2. The summed E-state index contributed by atoms with van der Waals surface area (Å²) >= 11 is 0. The van der Waals surface area contributed by atoms with Gasteiger partial charge in [-0.05, 0) is 26.0 Å². The Morgan fingerprint density at radius 1 is 1.38 bits per heavy atom. The van der Waals surface area contributed by atoms with Crippen LogP contribution < -0.4 is 5.32 Å². The van der Waals surface area contributed by atoms with Gasteiger partial charge in [0.2, 0.25) is 6.10 Å². The largest absolute Gasteiger partial charge is 0.465 e. The number of carbonyl (C=O) groups is 2. The Morgan fingerprint density at radius 3 is 2.85 bits per heavy atom. The molecule has 2 heterocycles. The summed E-state index contributed by atoms with van der Waals surface area (Å²) in [5.41, 5.74) is 3.05. The van der Waals surface area contributed by atoms with Gasteiger partial charge in [-0.2, -0.15) is 5.10 Å². The molecule has 8 heteroatoms. The zero-order chi connectivity index (χ0) is 18.7. The Bertz CT molecular complexity index is 872. The zero-order valence-electron chi connectivity index (χ0n) is 14.9. The number of oxime groups is 1. The van der Waals surface area contributed by atoms with Crippen molar-refractivity contribution in [3.05, 3.63) is 47.3 Å². The molecule has 0 spiro atoms. The molecule has 136 valence electrons. The van der Waals surface area contributed by atoms with Crippen molar-refractivity contribution in [2.45, 2.75) is 32.9 Å². The van der Waals surface area contributed by atoms with Gasteiger partial charge in [-0.25, -0.2) is 4.79 Å². The van der Waals surface area contributed by atoms with Gasteiger partial charge in [-0.15, -0.1) is 0 Å². The second-order valence-electron chi connectivity index (χ2n) is 5.85. The molecule has 1 aromatic heterocycles. The van der Waals surface area contributed by atoms with Crippen LogP contribution in [0.4, 0.5) is 5.69 Å². The Morgan fingerprint density at radius 2 is 2.15 bits per heavy atom. The number of benzene rings is 1. The Balaban J connectivity index is 1.70. The Hall–Kier alpha value is -3.16. The summed E-state index contributed by atoms with van der Waals surface area (Å²) in [5, 5.41) is 11.1. The van der Waals surface area contributed by atoms with Crippen LogP contribution in [0.25, 0.3) is 0 Å². The lowest BCUT2D eigenvalue weighted by Gasteiger charge is -2.12. The Labute approximate surface area is 150 Å². The van der Waals surface area contributed by atoms with E-state index in [0.717, 1.165) is 17.8 Å². The smallest absolute Gasteiger partial charge is 0.339 e. The number of esters is 1. The summed E-state index contributed by atoms with van der Waals surface area (Å²) in [7, 11) is 1.29. The summed E-state index contributed by atoms with van der Waals surface area (Å²) in [6.45, 7) is 4.64. The summed E-state index contributed by atoms with van der Waals surface area (Å²) < 4.78 is 6.54. The van der Waals surface area contributed by atoms with E-state index < -0.39 is 12.1 Å². The van der Waals surface area contributed by atoms with Crippen LogP contribution in [0.5, 0.6) is 0 Å². The minimum atomic E-state index is -0.764. The first-order valence-corrected chi connectivity index (χ1v) is 8.28. The molecular weight excluding hydrogens is 336 g/mol. The molecule has 1 aliphatic rings. The number of anilines is 1. The lowest BCUT2D eigenvalue weighted by molar-refractivity contribution is -0.125. The molecule has 2 aromatic rings. The number of aryl methyl sites for hydroxylation is 2. The number of para-hydroxylation sites is 1. The van der Waals surface area contributed by atoms with Crippen molar-refractivity contribution in [2.75, 3.05) is 12.4 Å². The van der Waals surface area contributed by atoms with Crippen LogP contribution in [0.2, 0.25) is 0 Å². The molecule has 0 saturated heterocycles. The van der Waals surface area contributed by atoms with E-state index in [0.29, 0.717) is 17.8 Å². The topological polar surface area (TPSA) is 94.8 Å². The van der Waals surface area contributed by atoms with Crippen molar-refractivity contribution in [3.8, 4) is 0 Å². The fraction of sp³-hybridized carbons (Fsp3) is 0.333. The molecule has 0 fully saturated rings. The third-order valence-electron chi connectivity index (χ3n) is 4.13. The number of methoxy groups -OCH3 is 1. The van der Waals surface area contributed by atoms with Crippen LogP contribution in [0.3, 0.4) is 0 Å². The fourth-order valence-corrected chi connectivity index (χ4v) is 2.73. The van der Waals surface area contributed by atoms with Gasteiger partial charge >= 0.3 is 5.97 Å². The van der Waals surface area contributed by atoms with E-state index in [1.807, 2.05) is 24.7 Å². The Kier molecular flexibility index (Phi) is 5.01. The van der Waals surface area contributed by atoms with Crippen LogP contribution in [-0.2, 0) is 20.9 Å². The summed E-state index contributed by atoms with van der Waals surface area (Å²) in [6.07, 6.45) is 1.47. The van der Waals surface area contributed by atoms with E-state index in [1.54, 1.807) is 24.3 Å². The van der Waals surface area contributed by atoms with Crippen molar-refractivity contribution in [2.24, 2.45) is 5.16 Å². The molecule has 0 radical (unpaired) electrons. The lowest BCUT2D eigenvalue weighted by atomic mass is 10.1. The number of hydrogen-bond donors (Lipinski definition) is 1. The number of nitrogens with one attached hydrogen (secondary N) is 1. The van der Waals surface area contributed by atoms with Gasteiger partial charge in [0, 0.05) is 24.7 Å². The quantitative estimate of drug-likeness (QED) is 0.828. The maximum Gasteiger partial charge on any atom is 0.339 e. The second kappa shape index (κ2) is 7.38. The summed E-state index contributed by atoms with van der Waals surface area (Å²) in [5.74, 6) is -0.895. The van der Waals surface area contributed by atoms with E-state index in [-0.39, 0.29) is 11.5 Å². The normalized spacial score (nSPS) is 16.0. The molecule has 0 aliphatic carbocycles. The van der Waals surface area contributed by atoms with Gasteiger partial charge in [0.15, 0.2) is 0 Å². The van der Waals surface area contributed by atoms with Crippen LogP contribution in [0, 0.1) is 6.92 Å². The van der Waals surface area contributed by atoms with E-state index in [2.05, 4.69) is 15.6 Å². The van der Waals surface area contributed by atoms with Gasteiger partial charge in [0.25, 0.3) is 5.91 Å². The van der Waals surface area contributed by atoms with E-state index in [4.69, 9.17) is 9.57 Å². The second-order valence-corrected chi connectivity index (χ2v) is 5.85. The fourth-order valence-electron chi connectivity index (χ4n) is 2.73. The molecule has 1 N–H and O–H groups in total. The minimum absolute atomic E-state index is 0.280. The maximum atomic E-state index is 12.5. The molecule has 1 aliphatic heterocycles. The van der Waals surface area contributed by atoms with Gasteiger partial charge < -0.3 is 14.9 Å². The van der Waals surface area contributed by atoms with Crippen molar-refractivity contribution in [1.29, 1.82) is 0 Å². The highest BCUT2D eigenvalue weighted by Crippen LogP contribution is 2.22. The van der Waals surface area contributed by atoms with E-state index in [9.17, 15) is 9.59 Å². The van der Waals surface area contributed by atoms with Crippen LogP contribution in [0.15, 0.2) is 35.6 Å². The third-order valence-corrected chi connectivity index (χ3v) is 4.13. The highest BCUT2D eigenvalue weighted by Gasteiger charge is 2.31. The van der Waals surface area contributed by atoms with Crippen molar-refractivity contribution < 1.29 is 19.2 Å². The van der Waals surface area contributed by atoms with Crippen LogP contribution in [-0.4, -0.2) is 40.6 Å². The van der Waals surface area contributed by atoms with Gasteiger partial charge in [-0.1, -0.05) is 17.3 Å². The van der Waals surface area contributed by atoms with Crippen LogP contribution in [0.1, 0.15) is 35.0 Å². The van der Waals surface area contributed by atoms with Crippen molar-refractivity contribution >= 4 is 23.3 Å². The summed E-state index contributed by atoms with van der Waals surface area (Å²) in [4.78, 5) is 29.6. The number of rotatable bonds is 5. The molecule has 26 heavy (non-hydrogen) atoms. The molecule has 1 atom stereocenters. The average Bonchev–Trinajstić information content (AvgIpc) is 3.28.